The lowest BCUT2D eigenvalue weighted by Crippen LogP contribution is -2.50. The molecule has 0 aromatic heterocycles. The number of methoxy groups -OCH3 is 2. The molecule has 7 heteroatoms. The highest BCUT2D eigenvalue weighted by Crippen LogP contribution is 2.42. The van der Waals surface area contributed by atoms with Crippen molar-refractivity contribution in [1.29, 1.82) is 0 Å². The number of para-hydroxylation sites is 3. The Hall–Kier alpha value is -3.87. The Labute approximate surface area is 239 Å². The number of hydrogen-bond donors (Lipinski definition) is 3. The summed E-state index contributed by atoms with van der Waals surface area (Å²) in [6.45, 7) is 10.6. The summed E-state index contributed by atoms with van der Waals surface area (Å²) < 4.78 is 11.4. The summed E-state index contributed by atoms with van der Waals surface area (Å²) >= 11 is 0. The topological polar surface area (TPSA) is 88.9 Å². The van der Waals surface area contributed by atoms with Crippen molar-refractivity contribution in [2.75, 3.05) is 49.8 Å². The number of piperidine rings is 1. The van der Waals surface area contributed by atoms with E-state index in [-0.39, 0.29) is 23.3 Å². The molecule has 40 heavy (non-hydrogen) atoms. The molecule has 1 heterocycles. The molecule has 1 fully saturated rings. The molecule has 0 atom stereocenters. The number of nitrogens with one attached hydrogen (secondary N) is 2. The number of nitrogens with two attached hydrogens (primary N) is 1. The molecule has 0 saturated carbocycles. The Morgan fingerprint density at radius 1 is 0.900 bits per heavy atom. The maximum atomic E-state index is 13.5. The second kappa shape index (κ2) is 12.5. The highest BCUT2D eigenvalue weighted by Gasteiger charge is 2.39. The van der Waals surface area contributed by atoms with Crippen LogP contribution in [0.25, 0.3) is 0 Å². The van der Waals surface area contributed by atoms with Crippen molar-refractivity contribution >= 4 is 23.1 Å². The predicted octanol–water partition coefficient (Wildman–Crippen LogP) is 6.89. The van der Waals surface area contributed by atoms with Crippen molar-refractivity contribution in [3.63, 3.8) is 0 Å². The molecule has 4 rings (SSSR count). The van der Waals surface area contributed by atoms with Gasteiger partial charge in [-0.2, -0.15) is 0 Å². The summed E-state index contributed by atoms with van der Waals surface area (Å²) in [6, 6.07) is 20.0. The fourth-order valence-electron chi connectivity index (χ4n) is 5.86. The summed E-state index contributed by atoms with van der Waals surface area (Å²) in [5.41, 5.74) is 11.8. The normalized spacial score (nSPS) is 14.8. The van der Waals surface area contributed by atoms with Gasteiger partial charge in [-0.15, -0.1) is 0 Å². The molecule has 214 valence electrons. The summed E-state index contributed by atoms with van der Waals surface area (Å²) in [6.07, 6.45) is 1.70. The fraction of sp³-hybridized carbons (Fsp3) is 0.424. The van der Waals surface area contributed by atoms with Gasteiger partial charge in [0.1, 0.15) is 11.5 Å². The average Bonchev–Trinajstić information content (AvgIpc) is 2.96. The zero-order valence-corrected chi connectivity index (χ0v) is 24.7. The number of urea groups is 1. The molecule has 0 aliphatic carbocycles. The van der Waals surface area contributed by atoms with Crippen molar-refractivity contribution in [3.8, 4) is 11.5 Å². The van der Waals surface area contributed by atoms with Crippen LogP contribution in [0.3, 0.4) is 0 Å². The first-order chi connectivity index (χ1) is 19.2. The number of nitrogens with zero attached hydrogens (tertiary/aromatic N) is 1. The SMILES string of the molecule is COc1ccccc1N1CCC(CNC(=O)Nc2c(C(C)C)cc(N)cc2C(C)C)(c2ccccc2OC)CC1. The predicted molar refractivity (Wildman–Crippen MR) is 165 cm³/mol. The lowest BCUT2D eigenvalue weighted by Gasteiger charge is -2.44. The van der Waals surface area contributed by atoms with Gasteiger partial charge in [-0.05, 0) is 66.1 Å². The van der Waals surface area contributed by atoms with Crippen molar-refractivity contribution in [2.24, 2.45) is 0 Å². The van der Waals surface area contributed by atoms with Crippen LogP contribution in [-0.2, 0) is 5.41 Å². The first-order valence-electron chi connectivity index (χ1n) is 14.2. The molecular formula is C33H44N4O3. The van der Waals surface area contributed by atoms with Crippen molar-refractivity contribution in [2.45, 2.75) is 57.8 Å². The molecule has 0 bridgehead atoms. The van der Waals surface area contributed by atoms with E-state index in [2.05, 4.69) is 55.4 Å². The zero-order chi connectivity index (χ0) is 28.9. The van der Waals surface area contributed by atoms with Gasteiger partial charge in [0.05, 0.1) is 19.9 Å². The van der Waals surface area contributed by atoms with Crippen LogP contribution in [0.15, 0.2) is 60.7 Å². The third kappa shape index (κ3) is 6.14. The molecule has 2 amide bonds. The molecule has 0 spiro atoms. The van der Waals surface area contributed by atoms with Crippen LogP contribution in [0.1, 0.15) is 69.1 Å². The zero-order valence-electron chi connectivity index (χ0n) is 24.7. The van der Waals surface area contributed by atoms with Gasteiger partial charge >= 0.3 is 6.03 Å². The Morgan fingerprint density at radius 2 is 1.45 bits per heavy atom. The van der Waals surface area contributed by atoms with E-state index in [4.69, 9.17) is 15.2 Å². The largest absolute Gasteiger partial charge is 0.496 e. The number of hydrogen-bond acceptors (Lipinski definition) is 5. The van der Waals surface area contributed by atoms with E-state index >= 15 is 0 Å². The molecule has 3 aromatic rings. The number of ether oxygens (including phenoxy) is 2. The maximum absolute atomic E-state index is 13.5. The van der Waals surface area contributed by atoms with Gasteiger partial charge in [-0.3, -0.25) is 0 Å². The van der Waals surface area contributed by atoms with E-state index in [9.17, 15) is 4.79 Å². The van der Waals surface area contributed by atoms with E-state index in [0.29, 0.717) is 6.54 Å². The summed E-state index contributed by atoms with van der Waals surface area (Å²) in [5, 5.41) is 6.43. The first-order valence-corrected chi connectivity index (χ1v) is 14.2. The van der Waals surface area contributed by atoms with Crippen molar-refractivity contribution < 1.29 is 14.3 Å². The van der Waals surface area contributed by atoms with Crippen LogP contribution in [0.5, 0.6) is 11.5 Å². The molecule has 1 aliphatic rings. The van der Waals surface area contributed by atoms with Gasteiger partial charge in [0, 0.05) is 42.0 Å². The minimum atomic E-state index is -0.286. The van der Waals surface area contributed by atoms with Gasteiger partial charge in [0.25, 0.3) is 0 Å². The number of anilines is 3. The van der Waals surface area contributed by atoms with Crippen molar-refractivity contribution in [3.05, 3.63) is 77.4 Å². The van der Waals surface area contributed by atoms with Crippen LogP contribution >= 0.6 is 0 Å². The van der Waals surface area contributed by atoms with Crippen molar-refractivity contribution in [1.82, 2.24) is 5.32 Å². The van der Waals surface area contributed by atoms with Gasteiger partial charge in [-0.1, -0.05) is 58.0 Å². The molecule has 3 aromatic carbocycles. The number of carbonyl (C=O) groups excluding carboxylic acids is 1. The van der Waals surface area contributed by atoms with E-state index < -0.39 is 0 Å². The van der Waals surface area contributed by atoms with Gasteiger partial charge in [0.2, 0.25) is 0 Å². The second-order valence-corrected chi connectivity index (χ2v) is 11.3. The Balaban J connectivity index is 1.59. The summed E-state index contributed by atoms with van der Waals surface area (Å²) in [5.74, 6) is 2.15. The monoisotopic (exact) mass is 544 g/mol. The number of benzene rings is 3. The summed E-state index contributed by atoms with van der Waals surface area (Å²) in [4.78, 5) is 15.8. The van der Waals surface area contributed by atoms with Crippen LogP contribution in [0, 0.1) is 0 Å². The highest BCUT2D eigenvalue weighted by molar-refractivity contribution is 5.92. The molecule has 1 aliphatic heterocycles. The smallest absolute Gasteiger partial charge is 0.319 e. The fourth-order valence-corrected chi connectivity index (χ4v) is 5.86. The van der Waals surface area contributed by atoms with E-state index in [1.807, 2.05) is 48.5 Å². The highest BCUT2D eigenvalue weighted by atomic mass is 16.5. The minimum absolute atomic E-state index is 0.213. The maximum Gasteiger partial charge on any atom is 0.319 e. The standard InChI is InChI=1S/C33H44N4O3/c1-22(2)25-19-24(34)20-26(23(3)4)31(25)36-32(38)35-21-33(27-11-7-9-13-29(27)39-5)15-17-37(18-16-33)28-12-8-10-14-30(28)40-6/h7-14,19-20,22-23H,15-18,21,34H2,1-6H3,(H2,35,36,38). The van der Waals surface area contributed by atoms with Gasteiger partial charge in [0.15, 0.2) is 0 Å². The molecular weight excluding hydrogens is 500 g/mol. The lowest BCUT2D eigenvalue weighted by atomic mass is 9.72. The van der Waals surface area contributed by atoms with Crippen LogP contribution in [0.2, 0.25) is 0 Å². The number of nitrogen functional groups attached to an aromatic ring is 1. The third-order valence-corrected chi connectivity index (χ3v) is 8.12. The van der Waals surface area contributed by atoms with E-state index in [1.54, 1.807) is 14.2 Å². The number of carbonyl (C=O) groups is 1. The molecule has 7 nitrogen and oxygen atoms in total. The first kappa shape index (κ1) is 29.1. The minimum Gasteiger partial charge on any atom is -0.496 e. The van der Waals surface area contributed by atoms with Gasteiger partial charge < -0.3 is 30.7 Å². The quantitative estimate of drug-likeness (QED) is 0.255. The number of rotatable bonds is 9. The molecule has 0 unspecified atom stereocenters. The summed E-state index contributed by atoms with van der Waals surface area (Å²) in [7, 11) is 3.42. The van der Waals surface area contributed by atoms with E-state index in [0.717, 1.165) is 71.2 Å². The Kier molecular flexibility index (Phi) is 9.13. The molecule has 0 radical (unpaired) electrons. The molecule has 1 saturated heterocycles. The van der Waals surface area contributed by atoms with Crippen LogP contribution in [-0.4, -0.2) is 39.9 Å². The Morgan fingerprint density at radius 3 is 2.02 bits per heavy atom. The van der Waals surface area contributed by atoms with Crippen LogP contribution in [0.4, 0.5) is 21.9 Å². The second-order valence-electron chi connectivity index (χ2n) is 11.3. The average molecular weight is 545 g/mol. The third-order valence-electron chi connectivity index (χ3n) is 8.12. The van der Waals surface area contributed by atoms with Crippen LogP contribution < -0.4 is 30.7 Å². The van der Waals surface area contributed by atoms with Gasteiger partial charge in [-0.25, -0.2) is 4.79 Å². The molecule has 4 N–H and O–H groups in total. The van der Waals surface area contributed by atoms with E-state index in [1.165, 1.54) is 0 Å². The Bertz CT molecular complexity index is 1280. The number of amides is 2. The lowest BCUT2D eigenvalue weighted by molar-refractivity contribution is 0.243.